The second kappa shape index (κ2) is 5.84. The van der Waals surface area contributed by atoms with Crippen molar-refractivity contribution in [1.29, 1.82) is 0 Å². The molecule has 2 aromatic rings. The first-order valence-corrected chi connectivity index (χ1v) is 7.23. The molecule has 0 radical (unpaired) electrons. The van der Waals surface area contributed by atoms with Gasteiger partial charge in [0.1, 0.15) is 5.69 Å². The second-order valence-corrected chi connectivity index (χ2v) is 6.02. The fraction of sp³-hybridized carbons (Fsp3) is 0.143. The fourth-order valence-corrected chi connectivity index (χ4v) is 2.86. The molecule has 0 aliphatic carbocycles. The molecule has 98 valence electrons. The zero-order valence-electron chi connectivity index (χ0n) is 10.5. The molecule has 2 aromatic carbocycles. The molecule has 19 heavy (non-hydrogen) atoms. The highest BCUT2D eigenvalue weighted by Crippen LogP contribution is 2.38. The van der Waals surface area contributed by atoms with Gasteiger partial charge in [-0.2, -0.15) is 5.11 Å². The van der Waals surface area contributed by atoms with Gasteiger partial charge in [0.15, 0.2) is 5.75 Å². The molecular weight excluding hydrogens is 372 g/mol. The van der Waals surface area contributed by atoms with E-state index in [1.807, 2.05) is 32.0 Å². The summed E-state index contributed by atoms with van der Waals surface area (Å²) < 4.78 is 1.41. The van der Waals surface area contributed by atoms with Crippen LogP contribution in [-0.2, 0) is 0 Å². The van der Waals surface area contributed by atoms with Crippen molar-refractivity contribution in [3.63, 3.8) is 0 Å². The third kappa shape index (κ3) is 3.42. The van der Waals surface area contributed by atoms with Crippen molar-refractivity contribution in [2.24, 2.45) is 10.2 Å². The Balaban J connectivity index is 2.38. The van der Waals surface area contributed by atoms with Gasteiger partial charge in [-0.15, -0.1) is 5.11 Å². The highest BCUT2D eigenvalue weighted by Gasteiger charge is 2.06. The highest BCUT2D eigenvalue weighted by atomic mass is 79.9. The molecule has 0 fully saturated rings. The van der Waals surface area contributed by atoms with Gasteiger partial charge in [0.25, 0.3) is 0 Å². The van der Waals surface area contributed by atoms with Crippen LogP contribution in [0.5, 0.6) is 5.75 Å². The number of hydrogen-bond donors (Lipinski definition) is 1. The van der Waals surface area contributed by atoms with Crippen LogP contribution in [0.15, 0.2) is 49.5 Å². The topological polar surface area (TPSA) is 45.0 Å². The Kier molecular flexibility index (Phi) is 4.37. The normalized spacial score (nSPS) is 11.2. The summed E-state index contributed by atoms with van der Waals surface area (Å²) in [5.74, 6) is 0.0803. The predicted molar refractivity (Wildman–Crippen MR) is 83.6 cm³/mol. The molecular formula is C14H12Br2N2O. The van der Waals surface area contributed by atoms with Crippen LogP contribution in [0.25, 0.3) is 0 Å². The van der Waals surface area contributed by atoms with Crippen molar-refractivity contribution in [2.45, 2.75) is 13.8 Å². The number of rotatable bonds is 2. The summed E-state index contributed by atoms with van der Waals surface area (Å²) in [6.45, 7) is 4.02. The molecule has 3 nitrogen and oxygen atoms in total. The minimum Gasteiger partial charge on any atom is -0.505 e. The SMILES string of the molecule is Cc1ccc(N=Nc2cc(Br)cc(Br)c2O)c(C)c1. The number of aromatic hydroxyl groups is 1. The lowest BCUT2D eigenvalue weighted by atomic mass is 10.1. The maximum atomic E-state index is 9.89. The monoisotopic (exact) mass is 382 g/mol. The lowest BCUT2D eigenvalue weighted by Gasteiger charge is -2.03. The van der Waals surface area contributed by atoms with Crippen LogP contribution < -0.4 is 0 Å². The van der Waals surface area contributed by atoms with E-state index in [0.29, 0.717) is 10.2 Å². The van der Waals surface area contributed by atoms with E-state index in [1.54, 1.807) is 12.1 Å². The summed E-state index contributed by atoms with van der Waals surface area (Å²) in [7, 11) is 0. The number of hydrogen-bond acceptors (Lipinski definition) is 3. The van der Waals surface area contributed by atoms with E-state index in [4.69, 9.17) is 0 Å². The summed E-state index contributed by atoms with van der Waals surface area (Å²) in [6.07, 6.45) is 0. The summed E-state index contributed by atoms with van der Waals surface area (Å²) in [6, 6.07) is 9.42. The van der Waals surface area contributed by atoms with Gasteiger partial charge in [0.2, 0.25) is 0 Å². The largest absolute Gasteiger partial charge is 0.505 e. The van der Waals surface area contributed by atoms with Gasteiger partial charge in [-0.25, -0.2) is 0 Å². The van der Waals surface area contributed by atoms with Crippen molar-refractivity contribution < 1.29 is 5.11 Å². The predicted octanol–water partition coefficient (Wildman–Crippen LogP) is 5.95. The van der Waals surface area contributed by atoms with Crippen LogP contribution in [0.1, 0.15) is 11.1 Å². The first-order chi connectivity index (χ1) is 8.97. The maximum Gasteiger partial charge on any atom is 0.157 e. The molecule has 0 saturated heterocycles. The first kappa shape index (κ1) is 14.2. The zero-order valence-corrected chi connectivity index (χ0v) is 13.7. The van der Waals surface area contributed by atoms with Gasteiger partial charge in [-0.05, 0) is 53.5 Å². The van der Waals surface area contributed by atoms with Gasteiger partial charge in [-0.1, -0.05) is 33.6 Å². The Morgan fingerprint density at radius 1 is 0.947 bits per heavy atom. The molecule has 0 aromatic heterocycles. The molecule has 0 atom stereocenters. The van der Waals surface area contributed by atoms with Crippen molar-refractivity contribution in [1.82, 2.24) is 0 Å². The molecule has 0 heterocycles. The number of aryl methyl sites for hydroxylation is 2. The minimum atomic E-state index is 0.0803. The summed E-state index contributed by atoms with van der Waals surface area (Å²) in [4.78, 5) is 0. The van der Waals surface area contributed by atoms with E-state index >= 15 is 0 Å². The van der Waals surface area contributed by atoms with Crippen molar-refractivity contribution in [2.75, 3.05) is 0 Å². The zero-order chi connectivity index (χ0) is 14.0. The minimum absolute atomic E-state index is 0.0803. The Labute approximate surface area is 128 Å². The molecule has 5 heteroatoms. The van der Waals surface area contributed by atoms with Gasteiger partial charge < -0.3 is 5.11 Å². The number of halogens is 2. The van der Waals surface area contributed by atoms with E-state index in [2.05, 4.69) is 42.1 Å². The van der Waals surface area contributed by atoms with Gasteiger partial charge in [-0.3, -0.25) is 0 Å². The molecule has 0 unspecified atom stereocenters. The molecule has 2 rings (SSSR count). The Hall–Kier alpha value is -1.20. The van der Waals surface area contributed by atoms with E-state index in [0.717, 1.165) is 15.7 Å². The number of phenolic OH excluding ortho intramolecular Hbond substituents is 1. The Morgan fingerprint density at radius 3 is 2.32 bits per heavy atom. The third-order valence-electron chi connectivity index (χ3n) is 2.63. The quantitative estimate of drug-likeness (QED) is 0.639. The smallest absolute Gasteiger partial charge is 0.157 e. The highest BCUT2D eigenvalue weighted by molar-refractivity contribution is 9.11. The van der Waals surface area contributed by atoms with Gasteiger partial charge in [0, 0.05) is 4.47 Å². The van der Waals surface area contributed by atoms with Gasteiger partial charge in [0.05, 0.1) is 10.2 Å². The standard InChI is InChI=1S/C14H12Br2N2O/c1-8-3-4-12(9(2)5-8)17-18-13-7-10(15)6-11(16)14(13)19/h3-7,19H,1-2H3. The number of nitrogens with zero attached hydrogens (tertiary/aromatic N) is 2. The fourth-order valence-electron chi connectivity index (χ4n) is 1.65. The van der Waals surface area contributed by atoms with Crippen LogP contribution in [-0.4, -0.2) is 5.11 Å². The van der Waals surface area contributed by atoms with E-state index in [1.165, 1.54) is 5.56 Å². The van der Waals surface area contributed by atoms with Crippen LogP contribution >= 0.6 is 31.9 Å². The van der Waals surface area contributed by atoms with E-state index in [9.17, 15) is 5.11 Å². The van der Waals surface area contributed by atoms with Crippen LogP contribution in [0.3, 0.4) is 0 Å². The average Bonchev–Trinajstić information content (AvgIpc) is 2.33. The molecule has 0 bridgehead atoms. The molecule has 0 amide bonds. The lowest BCUT2D eigenvalue weighted by Crippen LogP contribution is -1.77. The van der Waals surface area contributed by atoms with Crippen molar-refractivity contribution in [3.8, 4) is 5.75 Å². The molecule has 0 saturated carbocycles. The Bertz CT molecular complexity index is 654. The molecule has 0 aliphatic heterocycles. The van der Waals surface area contributed by atoms with Crippen LogP contribution in [0.4, 0.5) is 11.4 Å². The summed E-state index contributed by atoms with van der Waals surface area (Å²) in [5.41, 5.74) is 3.45. The van der Waals surface area contributed by atoms with Crippen molar-refractivity contribution >= 4 is 43.2 Å². The Morgan fingerprint density at radius 2 is 1.63 bits per heavy atom. The maximum absolute atomic E-state index is 9.89. The van der Waals surface area contributed by atoms with E-state index < -0.39 is 0 Å². The lowest BCUT2D eigenvalue weighted by molar-refractivity contribution is 0.473. The molecule has 1 N–H and O–H groups in total. The van der Waals surface area contributed by atoms with Crippen molar-refractivity contribution in [3.05, 3.63) is 50.4 Å². The molecule has 0 spiro atoms. The first-order valence-electron chi connectivity index (χ1n) is 5.64. The number of azo groups is 1. The number of benzene rings is 2. The van der Waals surface area contributed by atoms with Crippen LogP contribution in [0, 0.1) is 13.8 Å². The second-order valence-electron chi connectivity index (χ2n) is 4.25. The average molecular weight is 384 g/mol. The number of phenols is 1. The summed E-state index contributed by atoms with van der Waals surface area (Å²) in [5, 5.41) is 18.2. The third-order valence-corrected chi connectivity index (χ3v) is 3.69. The molecule has 0 aliphatic rings. The van der Waals surface area contributed by atoms with Crippen LogP contribution in [0.2, 0.25) is 0 Å². The van der Waals surface area contributed by atoms with E-state index in [-0.39, 0.29) is 5.75 Å². The summed E-state index contributed by atoms with van der Waals surface area (Å²) >= 11 is 6.62. The van der Waals surface area contributed by atoms with Gasteiger partial charge >= 0.3 is 0 Å².